The number of amides is 1. The van der Waals surface area contributed by atoms with Crippen LogP contribution in [0.4, 0.5) is 0 Å². The standard InChI is InChI=1S/C22H19N3O4/c1-25-12-15(17-4-2-3-5-18(17)25)9-22(26)23-11-16-10-20(29-24-16)14-6-7-19-21(8-14)28-13-27-19/h2-8,10,12H,9,11,13H2,1H3,(H,23,26). The first-order chi connectivity index (χ1) is 14.2. The highest BCUT2D eigenvalue weighted by atomic mass is 16.7. The maximum Gasteiger partial charge on any atom is 0.231 e. The summed E-state index contributed by atoms with van der Waals surface area (Å²) in [7, 11) is 1.98. The second-order valence-electron chi connectivity index (χ2n) is 6.99. The summed E-state index contributed by atoms with van der Waals surface area (Å²) in [5.41, 5.74) is 3.61. The molecule has 0 bridgehead atoms. The number of nitrogens with zero attached hydrogens (tertiary/aromatic N) is 2. The van der Waals surface area contributed by atoms with E-state index < -0.39 is 0 Å². The van der Waals surface area contributed by atoms with Gasteiger partial charge < -0.3 is 23.9 Å². The van der Waals surface area contributed by atoms with Crippen LogP contribution in [0.25, 0.3) is 22.2 Å². The minimum atomic E-state index is -0.0611. The summed E-state index contributed by atoms with van der Waals surface area (Å²) in [6.07, 6.45) is 2.31. The van der Waals surface area contributed by atoms with Crippen molar-refractivity contribution >= 4 is 16.8 Å². The van der Waals surface area contributed by atoms with Gasteiger partial charge in [-0.1, -0.05) is 23.4 Å². The van der Waals surface area contributed by atoms with Crippen LogP contribution in [0.3, 0.4) is 0 Å². The van der Waals surface area contributed by atoms with Crippen LogP contribution in [0.2, 0.25) is 0 Å². The maximum atomic E-state index is 12.4. The van der Waals surface area contributed by atoms with Crippen LogP contribution in [0, 0.1) is 0 Å². The Bertz CT molecular complexity index is 1210. The second-order valence-corrected chi connectivity index (χ2v) is 6.99. The first-order valence-corrected chi connectivity index (χ1v) is 9.32. The van der Waals surface area contributed by atoms with E-state index in [-0.39, 0.29) is 12.7 Å². The Kier molecular flexibility index (Phi) is 4.20. The second kappa shape index (κ2) is 7.01. The van der Waals surface area contributed by atoms with E-state index in [1.165, 1.54) is 0 Å². The summed E-state index contributed by atoms with van der Waals surface area (Å²) >= 11 is 0. The molecular weight excluding hydrogens is 370 g/mol. The van der Waals surface area contributed by atoms with Gasteiger partial charge in [0.25, 0.3) is 0 Å². The third kappa shape index (κ3) is 3.31. The molecule has 0 atom stereocenters. The number of benzene rings is 2. The van der Waals surface area contributed by atoms with Crippen LogP contribution < -0.4 is 14.8 Å². The van der Waals surface area contributed by atoms with Crippen molar-refractivity contribution in [2.24, 2.45) is 7.05 Å². The van der Waals surface area contributed by atoms with E-state index in [1.54, 1.807) is 0 Å². The van der Waals surface area contributed by atoms with Gasteiger partial charge >= 0.3 is 0 Å². The van der Waals surface area contributed by atoms with E-state index in [0.717, 1.165) is 22.0 Å². The lowest BCUT2D eigenvalue weighted by atomic mass is 10.1. The number of carbonyl (C=O) groups excluding carboxylic acids is 1. The fraction of sp³-hybridized carbons (Fsp3) is 0.182. The number of nitrogens with one attached hydrogen (secondary N) is 1. The molecule has 3 heterocycles. The number of hydrogen-bond donors (Lipinski definition) is 1. The van der Waals surface area contributed by atoms with Crippen molar-refractivity contribution in [1.29, 1.82) is 0 Å². The number of para-hydroxylation sites is 1. The topological polar surface area (TPSA) is 78.5 Å². The van der Waals surface area contributed by atoms with Crippen LogP contribution in [0.15, 0.2) is 59.3 Å². The SMILES string of the molecule is Cn1cc(CC(=O)NCc2cc(-c3ccc4c(c3)OCO4)on2)c2ccccc21. The molecule has 7 heteroatoms. The fourth-order valence-electron chi connectivity index (χ4n) is 3.57. The predicted molar refractivity (Wildman–Crippen MR) is 107 cm³/mol. The summed E-state index contributed by atoms with van der Waals surface area (Å²) in [6, 6.07) is 15.5. The molecule has 146 valence electrons. The van der Waals surface area contributed by atoms with Gasteiger partial charge in [0, 0.05) is 35.8 Å². The van der Waals surface area contributed by atoms with Gasteiger partial charge in [-0.2, -0.15) is 0 Å². The van der Waals surface area contributed by atoms with Gasteiger partial charge in [0.1, 0.15) is 5.69 Å². The zero-order chi connectivity index (χ0) is 19.8. The number of ether oxygens (including phenoxy) is 2. The molecule has 2 aromatic heterocycles. The van der Waals surface area contributed by atoms with Gasteiger partial charge in [0.2, 0.25) is 12.7 Å². The Morgan fingerprint density at radius 1 is 1.14 bits per heavy atom. The lowest BCUT2D eigenvalue weighted by Gasteiger charge is -2.02. The molecular formula is C22H19N3O4. The van der Waals surface area contributed by atoms with Crippen LogP contribution in [-0.4, -0.2) is 22.4 Å². The molecule has 0 saturated carbocycles. The first-order valence-electron chi connectivity index (χ1n) is 9.32. The minimum Gasteiger partial charge on any atom is -0.454 e. The predicted octanol–water partition coefficient (Wildman–Crippen LogP) is 3.42. The number of fused-ring (bicyclic) bond motifs is 2. The van der Waals surface area contributed by atoms with Gasteiger partial charge in [-0.25, -0.2) is 0 Å². The average molecular weight is 389 g/mol. The molecule has 1 aliphatic rings. The zero-order valence-electron chi connectivity index (χ0n) is 15.8. The highest BCUT2D eigenvalue weighted by molar-refractivity contribution is 5.89. The van der Waals surface area contributed by atoms with Gasteiger partial charge in [-0.15, -0.1) is 0 Å². The molecule has 4 aromatic rings. The molecule has 0 unspecified atom stereocenters. The lowest BCUT2D eigenvalue weighted by molar-refractivity contribution is -0.120. The highest BCUT2D eigenvalue weighted by Gasteiger charge is 2.16. The molecule has 0 fully saturated rings. The molecule has 1 N–H and O–H groups in total. The molecule has 0 saturated heterocycles. The van der Waals surface area contributed by atoms with Gasteiger partial charge in [0.15, 0.2) is 17.3 Å². The molecule has 5 rings (SSSR count). The molecule has 7 nitrogen and oxygen atoms in total. The smallest absolute Gasteiger partial charge is 0.231 e. The maximum absolute atomic E-state index is 12.4. The van der Waals surface area contributed by atoms with E-state index in [1.807, 2.05) is 66.3 Å². The van der Waals surface area contributed by atoms with Gasteiger partial charge in [-0.3, -0.25) is 4.79 Å². The van der Waals surface area contributed by atoms with E-state index in [0.29, 0.717) is 35.9 Å². The van der Waals surface area contributed by atoms with Crippen molar-refractivity contribution in [1.82, 2.24) is 15.0 Å². The summed E-state index contributed by atoms with van der Waals surface area (Å²) in [6.45, 7) is 0.529. The molecule has 0 spiro atoms. The third-order valence-corrected chi connectivity index (χ3v) is 5.01. The van der Waals surface area contributed by atoms with Crippen molar-refractivity contribution in [2.45, 2.75) is 13.0 Å². The minimum absolute atomic E-state index is 0.0611. The van der Waals surface area contributed by atoms with Crippen molar-refractivity contribution in [2.75, 3.05) is 6.79 Å². The summed E-state index contributed by atoms with van der Waals surface area (Å²) in [5, 5.41) is 8.06. The van der Waals surface area contributed by atoms with Crippen LogP contribution in [0.1, 0.15) is 11.3 Å². The van der Waals surface area contributed by atoms with Crippen LogP contribution in [-0.2, 0) is 24.8 Å². The Labute approximate surface area is 166 Å². The Morgan fingerprint density at radius 3 is 2.93 bits per heavy atom. The van der Waals surface area contributed by atoms with E-state index in [2.05, 4.69) is 10.5 Å². The monoisotopic (exact) mass is 389 g/mol. The molecule has 29 heavy (non-hydrogen) atoms. The Morgan fingerprint density at radius 2 is 2.00 bits per heavy atom. The normalized spacial score (nSPS) is 12.4. The molecule has 1 amide bonds. The summed E-state index contributed by atoms with van der Waals surface area (Å²) < 4.78 is 18.2. The van der Waals surface area contributed by atoms with Crippen molar-refractivity contribution < 1.29 is 18.8 Å². The van der Waals surface area contributed by atoms with Crippen molar-refractivity contribution in [3.8, 4) is 22.8 Å². The van der Waals surface area contributed by atoms with Crippen LogP contribution >= 0.6 is 0 Å². The molecule has 0 radical (unpaired) electrons. The Hall–Kier alpha value is -3.74. The molecule has 2 aromatic carbocycles. The van der Waals surface area contributed by atoms with E-state index in [4.69, 9.17) is 14.0 Å². The van der Waals surface area contributed by atoms with E-state index >= 15 is 0 Å². The van der Waals surface area contributed by atoms with Crippen molar-refractivity contribution in [3.05, 3.63) is 66.0 Å². The molecule has 0 aliphatic carbocycles. The highest BCUT2D eigenvalue weighted by Crippen LogP contribution is 2.36. The molecule has 1 aliphatic heterocycles. The zero-order valence-corrected chi connectivity index (χ0v) is 15.8. The van der Waals surface area contributed by atoms with Crippen LogP contribution in [0.5, 0.6) is 11.5 Å². The number of hydrogen-bond acceptors (Lipinski definition) is 5. The largest absolute Gasteiger partial charge is 0.454 e. The first kappa shape index (κ1) is 17.4. The lowest BCUT2D eigenvalue weighted by Crippen LogP contribution is -2.24. The quantitative estimate of drug-likeness (QED) is 0.566. The number of carbonyl (C=O) groups is 1. The van der Waals surface area contributed by atoms with Gasteiger partial charge in [-0.05, 0) is 29.8 Å². The third-order valence-electron chi connectivity index (χ3n) is 5.01. The average Bonchev–Trinajstić information content (AvgIpc) is 3.46. The van der Waals surface area contributed by atoms with E-state index in [9.17, 15) is 4.79 Å². The summed E-state index contributed by atoms with van der Waals surface area (Å²) in [4.78, 5) is 12.4. The number of aromatic nitrogens is 2. The van der Waals surface area contributed by atoms with Gasteiger partial charge in [0.05, 0.1) is 13.0 Å². The fourth-order valence-corrected chi connectivity index (χ4v) is 3.57. The Balaban J connectivity index is 1.24. The number of rotatable bonds is 5. The number of aryl methyl sites for hydroxylation is 1. The van der Waals surface area contributed by atoms with Crippen molar-refractivity contribution in [3.63, 3.8) is 0 Å². The summed E-state index contributed by atoms with van der Waals surface area (Å²) in [5.74, 6) is 1.95.